The van der Waals surface area contributed by atoms with Crippen molar-refractivity contribution < 1.29 is 18.4 Å². The second-order valence-corrected chi connectivity index (χ2v) is 4.20. The third-order valence-electron chi connectivity index (χ3n) is 2.53. The van der Waals surface area contributed by atoms with E-state index >= 15 is 0 Å². The molecule has 2 aromatic rings. The van der Waals surface area contributed by atoms with Crippen LogP contribution in [0.4, 0.5) is 4.39 Å². The molecule has 1 aromatic heterocycles. The molecule has 5 nitrogen and oxygen atoms in total. The SMILES string of the molecule is Cc1onc(-c2c(F)cccc2Cl)c1C(=O)OCC#N. The fourth-order valence-electron chi connectivity index (χ4n) is 1.68. The predicted molar refractivity (Wildman–Crippen MR) is 67.5 cm³/mol. The molecule has 0 N–H and O–H groups in total. The van der Waals surface area contributed by atoms with Crippen LogP contribution in [0.1, 0.15) is 16.1 Å². The van der Waals surface area contributed by atoms with Gasteiger partial charge in [0, 0.05) is 0 Å². The Balaban J connectivity index is 2.55. The lowest BCUT2D eigenvalue weighted by Gasteiger charge is -2.04. The Kier molecular flexibility index (Phi) is 4.01. The Hall–Kier alpha value is -2.39. The van der Waals surface area contributed by atoms with Gasteiger partial charge in [0.1, 0.15) is 28.9 Å². The number of esters is 1. The molecule has 0 bridgehead atoms. The van der Waals surface area contributed by atoms with Crippen LogP contribution in [0.25, 0.3) is 11.3 Å². The summed E-state index contributed by atoms with van der Waals surface area (Å²) in [6.45, 7) is 1.06. The molecule has 0 saturated heterocycles. The van der Waals surface area contributed by atoms with Gasteiger partial charge >= 0.3 is 5.97 Å². The van der Waals surface area contributed by atoms with Crippen LogP contribution in [0.2, 0.25) is 5.02 Å². The summed E-state index contributed by atoms with van der Waals surface area (Å²) in [7, 11) is 0. The Morgan fingerprint density at radius 2 is 2.35 bits per heavy atom. The van der Waals surface area contributed by atoms with Crippen LogP contribution in [0, 0.1) is 24.1 Å². The lowest BCUT2D eigenvalue weighted by Crippen LogP contribution is -2.07. The standard InChI is InChI=1S/C13H8ClFN2O3/c1-7-10(13(18)19-6-5-16)12(17-20-7)11-8(14)3-2-4-9(11)15/h2-4H,6H2,1H3. The molecule has 0 aliphatic carbocycles. The van der Waals surface area contributed by atoms with Crippen molar-refractivity contribution in [1.82, 2.24) is 5.16 Å². The van der Waals surface area contributed by atoms with Crippen LogP contribution < -0.4 is 0 Å². The number of nitrogens with zero attached hydrogens (tertiary/aromatic N) is 2. The predicted octanol–water partition coefficient (Wildman–Crippen LogP) is 3.12. The lowest BCUT2D eigenvalue weighted by atomic mass is 10.1. The van der Waals surface area contributed by atoms with Crippen molar-refractivity contribution in [3.63, 3.8) is 0 Å². The summed E-state index contributed by atoms with van der Waals surface area (Å²) in [5, 5.41) is 12.2. The van der Waals surface area contributed by atoms with Crippen molar-refractivity contribution in [2.24, 2.45) is 0 Å². The molecule has 0 saturated carbocycles. The molecule has 2 rings (SSSR count). The molecule has 0 spiro atoms. The van der Waals surface area contributed by atoms with Gasteiger partial charge in [-0.15, -0.1) is 0 Å². The monoisotopic (exact) mass is 294 g/mol. The van der Waals surface area contributed by atoms with E-state index in [1.165, 1.54) is 25.1 Å². The Bertz CT molecular complexity index is 686. The second-order valence-electron chi connectivity index (χ2n) is 3.79. The summed E-state index contributed by atoms with van der Waals surface area (Å²) in [4.78, 5) is 11.9. The van der Waals surface area contributed by atoms with Crippen LogP contribution in [-0.2, 0) is 4.74 Å². The number of carbonyl (C=O) groups is 1. The molecular weight excluding hydrogens is 287 g/mol. The van der Waals surface area contributed by atoms with Crippen molar-refractivity contribution >= 4 is 17.6 Å². The highest BCUT2D eigenvalue weighted by Crippen LogP contribution is 2.33. The van der Waals surface area contributed by atoms with E-state index in [0.717, 1.165) is 0 Å². The number of ether oxygens (including phenoxy) is 1. The highest BCUT2D eigenvalue weighted by Gasteiger charge is 2.26. The van der Waals surface area contributed by atoms with Gasteiger partial charge in [0.25, 0.3) is 0 Å². The van der Waals surface area contributed by atoms with Crippen molar-refractivity contribution in [2.45, 2.75) is 6.92 Å². The maximum absolute atomic E-state index is 13.9. The van der Waals surface area contributed by atoms with E-state index in [-0.39, 0.29) is 27.6 Å². The molecule has 102 valence electrons. The van der Waals surface area contributed by atoms with E-state index < -0.39 is 18.4 Å². The molecule has 0 unspecified atom stereocenters. The molecule has 20 heavy (non-hydrogen) atoms. The topological polar surface area (TPSA) is 76.1 Å². The average Bonchev–Trinajstić information content (AvgIpc) is 2.78. The van der Waals surface area contributed by atoms with Crippen LogP contribution in [-0.4, -0.2) is 17.7 Å². The number of benzene rings is 1. The minimum Gasteiger partial charge on any atom is -0.447 e. The molecule has 0 radical (unpaired) electrons. The van der Waals surface area contributed by atoms with Gasteiger partial charge in [0.2, 0.25) is 0 Å². The zero-order valence-electron chi connectivity index (χ0n) is 10.3. The average molecular weight is 295 g/mol. The molecule has 1 aromatic carbocycles. The van der Waals surface area contributed by atoms with Gasteiger partial charge in [-0.25, -0.2) is 9.18 Å². The van der Waals surface area contributed by atoms with Crippen LogP contribution in [0.5, 0.6) is 0 Å². The number of hydrogen-bond acceptors (Lipinski definition) is 5. The van der Waals surface area contributed by atoms with Gasteiger partial charge in [-0.05, 0) is 19.1 Å². The maximum Gasteiger partial charge on any atom is 0.345 e. The zero-order chi connectivity index (χ0) is 14.7. The Labute approximate surface area is 118 Å². The van der Waals surface area contributed by atoms with E-state index in [0.29, 0.717) is 0 Å². The van der Waals surface area contributed by atoms with Crippen LogP contribution in [0.3, 0.4) is 0 Å². The van der Waals surface area contributed by atoms with Gasteiger partial charge in [0.15, 0.2) is 6.61 Å². The first-order valence-corrected chi connectivity index (χ1v) is 5.88. The number of aryl methyl sites for hydroxylation is 1. The molecule has 0 aliphatic heterocycles. The van der Waals surface area contributed by atoms with E-state index in [2.05, 4.69) is 5.16 Å². The number of halogens is 2. The fraction of sp³-hybridized carbons (Fsp3) is 0.154. The summed E-state index contributed by atoms with van der Waals surface area (Å²) in [6, 6.07) is 5.76. The summed E-state index contributed by atoms with van der Waals surface area (Å²) in [5.41, 5.74) is -0.143. The summed E-state index contributed by atoms with van der Waals surface area (Å²) in [6.07, 6.45) is 0. The Morgan fingerprint density at radius 1 is 1.60 bits per heavy atom. The van der Waals surface area contributed by atoms with Crippen molar-refractivity contribution in [3.05, 3.63) is 40.4 Å². The summed E-state index contributed by atoms with van der Waals surface area (Å²) < 4.78 is 23.5. The lowest BCUT2D eigenvalue weighted by molar-refractivity contribution is 0.0554. The zero-order valence-corrected chi connectivity index (χ0v) is 11.1. The Morgan fingerprint density at radius 3 is 3.00 bits per heavy atom. The highest BCUT2D eigenvalue weighted by atomic mass is 35.5. The molecule has 1 heterocycles. The first-order chi connectivity index (χ1) is 9.56. The number of hydrogen-bond donors (Lipinski definition) is 0. The van der Waals surface area contributed by atoms with E-state index in [9.17, 15) is 9.18 Å². The molecule has 7 heteroatoms. The minimum atomic E-state index is -0.820. The largest absolute Gasteiger partial charge is 0.447 e. The van der Waals surface area contributed by atoms with Crippen molar-refractivity contribution in [2.75, 3.05) is 6.61 Å². The fourth-order valence-corrected chi connectivity index (χ4v) is 1.93. The van der Waals surface area contributed by atoms with E-state index in [1.54, 1.807) is 6.07 Å². The van der Waals surface area contributed by atoms with Crippen LogP contribution in [0.15, 0.2) is 22.7 Å². The number of nitriles is 1. The smallest absolute Gasteiger partial charge is 0.345 e. The second kappa shape index (κ2) is 5.72. The van der Waals surface area contributed by atoms with Gasteiger partial charge in [-0.2, -0.15) is 5.26 Å². The number of carbonyl (C=O) groups excluding carboxylic acids is 1. The van der Waals surface area contributed by atoms with Crippen LogP contribution >= 0.6 is 11.6 Å². The van der Waals surface area contributed by atoms with E-state index in [1.807, 2.05) is 0 Å². The molecule has 0 atom stereocenters. The molecule has 0 amide bonds. The number of rotatable bonds is 3. The quantitative estimate of drug-likeness (QED) is 0.813. The van der Waals surface area contributed by atoms with Crippen molar-refractivity contribution in [3.8, 4) is 17.3 Å². The first-order valence-electron chi connectivity index (χ1n) is 5.51. The molecule has 0 aliphatic rings. The molecular formula is C13H8ClFN2O3. The minimum absolute atomic E-state index is 0.0464. The van der Waals surface area contributed by atoms with Crippen molar-refractivity contribution in [1.29, 1.82) is 5.26 Å². The molecule has 0 fully saturated rings. The summed E-state index contributed by atoms with van der Waals surface area (Å²) >= 11 is 5.93. The van der Waals surface area contributed by atoms with Gasteiger partial charge in [0.05, 0.1) is 10.6 Å². The van der Waals surface area contributed by atoms with Gasteiger partial charge in [-0.3, -0.25) is 0 Å². The highest BCUT2D eigenvalue weighted by molar-refractivity contribution is 6.33. The summed E-state index contributed by atoms with van der Waals surface area (Å²) in [5.74, 6) is -1.30. The van der Waals surface area contributed by atoms with E-state index in [4.69, 9.17) is 26.1 Å². The normalized spacial score (nSPS) is 10.1. The third-order valence-corrected chi connectivity index (χ3v) is 2.85. The third kappa shape index (κ3) is 2.49. The van der Waals surface area contributed by atoms with Gasteiger partial charge < -0.3 is 9.26 Å². The van der Waals surface area contributed by atoms with Gasteiger partial charge in [-0.1, -0.05) is 22.8 Å². The first kappa shape index (κ1) is 14.0. The maximum atomic E-state index is 13.9. The number of aromatic nitrogens is 1.